The van der Waals surface area contributed by atoms with Crippen molar-refractivity contribution >= 4 is 72.1 Å². The van der Waals surface area contributed by atoms with Crippen molar-refractivity contribution in [1.82, 2.24) is 52.3 Å². The number of carbonyl (C=O) groups excluding carboxylic acids is 8. The lowest BCUT2D eigenvalue weighted by Crippen LogP contribution is -2.60. The van der Waals surface area contributed by atoms with Crippen LogP contribution in [0, 0.1) is 10.8 Å². The van der Waals surface area contributed by atoms with Gasteiger partial charge in [-0.1, -0.05) is 108 Å². The number of halogens is 2. The highest BCUT2D eigenvalue weighted by molar-refractivity contribution is 6.01. The van der Waals surface area contributed by atoms with Crippen LogP contribution in [0.3, 0.4) is 0 Å². The summed E-state index contributed by atoms with van der Waals surface area (Å²) >= 11 is 0. The number of carbonyl (C=O) groups is 8. The third-order valence-corrected chi connectivity index (χ3v) is 14.4. The van der Waals surface area contributed by atoms with Gasteiger partial charge in [0, 0.05) is 36.3 Å². The fourth-order valence-corrected chi connectivity index (χ4v) is 9.40. The minimum atomic E-state index is -1.32. The molecule has 2 saturated heterocycles. The minimum absolute atomic E-state index is 0. The Bertz CT molecular complexity index is 2420. The molecule has 0 radical (unpaired) electrons. The van der Waals surface area contributed by atoms with Gasteiger partial charge in [-0.05, 0) is 80.9 Å². The Labute approximate surface area is 480 Å². The molecule has 80 heavy (non-hydrogen) atoms. The molecule has 0 aliphatic carbocycles. The van der Waals surface area contributed by atoms with E-state index in [4.69, 9.17) is 0 Å². The molecule has 0 bridgehead atoms. The van der Waals surface area contributed by atoms with Gasteiger partial charge in [-0.2, -0.15) is 0 Å². The average molecular weight is 1160 g/mol. The molecule has 0 saturated carbocycles. The van der Waals surface area contributed by atoms with E-state index in [-0.39, 0.29) is 61.9 Å². The number of likely N-dealkylation sites (tertiary alicyclic amines) is 2. The quantitative estimate of drug-likeness (QED) is 0.0657. The fourth-order valence-electron chi connectivity index (χ4n) is 9.40. The van der Waals surface area contributed by atoms with Crippen molar-refractivity contribution < 1.29 is 58.8 Å². The first-order valence-corrected chi connectivity index (χ1v) is 26.3. The van der Waals surface area contributed by atoms with Crippen molar-refractivity contribution in [3.05, 3.63) is 107 Å². The molecule has 442 valence electrons. The lowest BCUT2D eigenvalue weighted by Gasteiger charge is -2.36. The normalized spacial score (nSPS) is 20.1. The van der Waals surface area contributed by atoms with E-state index in [1.807, 2.05) is 0 Å². The number of nitrogens with one attached hydrogen (secondary N) is 8. The summed E-state index contributed by atoms with van der Waals surface area (Å²) in [4.78, 5) is 115. The number of likely N-dealkylation sites (N-methyl/N-ethyl adjacent to an activating group) is 2. The monoisotopic (exact) mass is 1160 g/mol. The van der Waals surface area contributed by atoms with Gasteiger partial charge < -0.3 is 72.8 Å². The van der Waals surface area contributed by atoms with Crippen molar-refractivity contribution in [2.45, 2.75) is 141 Å². The van der Waals surface area contributed by atoms with E-state index >= 15 is 0 Å². The summed E-state index contributed by atoms with van der Waals surface area (Å²) in [5.74, 6) is -4.89. The van der Waals surface area contributed by atoms with E-state index in [1.54, 1.807) is 130 Å². The maximum atomic E-state index is 14.6. The van der Waals surface area contributed by atoms with Crippen molar-refractivity contribution in [3.63, 3.8) is 0 Å². The molecule has 0 spiro atoms. The van der Waals surface area contributed by atoms with Gasteiger partial charge in [0.1, 0.15) is 36.4 Å². The van der Waals surface area contributed by atoms with E-state index in [1.165, 1.54) is 34.1 Å². The number of amides is 8. The molecule has 0 aromatic heterocycles. The third-order valence-electron chi connectivity index (χ3n) is 14.4. The van der Waals surface area contributed by atoms with Gasteiger partial charge in [-0.15, -0.1) is 24.8 Å². The Morgan fingerprint density at radius 3 is 1.18 bits per heavy atom. The number of aliphatic hydroxyl groups is 4. The predicted molar refractivity (Wildman–Crippen MR) is 304 cm³/mol. The van der Waals surface area contributed by atoms with E-state index in [0.29, 0.717) is 11.1 Å². The van der Waals surface area contributed by atoms with Gasteiger partial charge in [0.05, 0.1) is 37.4 Å². The molecular formula is C56H82Cl2N10O12. The molecule has 3 aromatic rings. The first kappa shape index (κ1) is 68.0. The van der Waals surface area contributed by atoms with Crippen molar-refractivity contribution in [2.24, 2.45) is 10.8 Å². The highest BCUT2D eigenvalue weighted by Crippen LogP contribution is 2.30. The average Bonchev–Trinajstić information content (AvgIpc) is 4.05. The van der Waals surface area contributed by atoms with Gasteiger partial charge in [0.2, 0.25) is 35.4 Å². The molecule has 2 unspecified atom stereocenters. The standard InChI is InChI=1S/C56H80N10O12.2ClH/c1-31(57-9)47(71)63-45(55(3,4)5)53(77)65-27-37(25-41(65)51(75)61-39(29-67)43(69)33-18-13-11-14-19-33)59-49(73)35-22-17-23-36(24-35)50(74)60-38-26-42(52(76)62-40(30-68)44(70)34-20-15-12-16-21-34)66(28-38)54(78)46(56(6,7)8)64-48(72)32(2)58-10;;/h11-24,31-32,37-46,57-58,67-70H,25-30H2,1-10H3,(H,59,73)(H,60,74)(H,61,75)(H,62,76)(H,63,71)(H,64,72);2*1H/t31-,32-,37-,38-,39+,40+,41-,42?,43-,44+,45?,46+;;/m0../s1. The molecule has 5 rings (SSSR count). The number of benzene rings is 3. The summed E-state index contributed by atoms with van der Waals surface area (Å²) in [7, 11) is 3.19. The second-order valence-corrected chi connectivity index (χ2v) is 22.3. The Morgan fingerprint density at radius 2 is 0.875 bits per heavy atom. The molecule has 22 nitrogen and oxygen atoms in total. The van der Waals surface area contributed by atoms with E-state index in [2.05, 4.69) is 42.5 Å². The first-order valence-electron chi connectivity index (χ1n) is 26.3. The molecule has 12 atom stereocenters. The van der Waals surface area contributed by atoms with Crippen LogP contribution < -0.4 is 42.5 Å². The lowest BCUT2D eigenvalue weighted by atomic mass is 9.85. The van der Waals surface area contributed by atoms with E-state index < -0.39 is 144 Å². The molecule has 2 aliphatic rings. The zero-order chi connectivity index (χ0) is 57.8. The van der Waals surface area contributed by atoms with Crippen LogP contribution >= 0.6 is 24.8 Å². The largest absolute Gasteiger partial charge is 0.394 e. The van der Waals surface area contributed by atoms with Crippen molar-refractivity contribution in [1.29, 1.82) is 0 Å². The highest BCUT2D eigenvalue weighted by atomic mass is 35.5. The van der Waals surface area contributed by atoms with Crippen LogP contribution in [0.4, 0.5) is 0 Å². The number of nitrogens with zero attached hydrogens (tertiary/aromatic N) is 2. The number of hydrogen-bond acceptors (Lipinski definition) is 14. The second-order valence-electron chi connectivity index (χ2n) is 22.3. The van der Waals surface area contributed by atoms with Crippen molar-refractivity contribution in [3.8, 4) is 0 Å². The van der Waals surface area contributed by atoms with Crippen LogP contribution in [0.1, 0.15) is 112 Å². The number of hydrogen-bond donors (Lipinski definition) is 12. The summed E-state index contributed by atoms with van der Waals surface area (Å²) < 4.78 is 0. The molecule has 3 aromatic carbocycles. The van der Waals surface area contributed by atoms with Crippen LogP contribution in [-0.2, 0) is 28.8 Å². The maximum Gasteiger partial charge on any atom is 0.251 e. The van der Waals surface area contributed by atoms with Crippen LogP contribution in [0.15, 0.2) is 84.9 Å². The van der Waals surface area contributed by atoms with Gasteiger partial charge in [0.15, 0.2) is 0 Å². The summed E-state index contributed by atoms with van der Waals surface area (Å²) in [5.41, 5.74) is -0.780. The molecule has 2 aliphatic heterocycles. The fraction of sp³-hybridized carbons (Fsp3) is 0.536. The SMILES string of the molecule is CN[C@@H](C)C(=O)NC(C(=O)N1C[C@@H](NC(=O)c2cccc(C(=O)N[C@H]3CC(C(=O)N[C@H](CO)[C@H](O)c4ccccc4)N(C(=O)[C@@H](NC(=O)[C@H](C)NC)C(C)(C)C)C3)c2)C[C@H]1C(=O)N[C@H](CO)[C@@H](O)c1ccccc1)C(C)(C)C.Cl.Cl. The zero-order valence-corrected chi connectivity index (χ0v) is 48.7. The van der Waals surface area contributed by atoms with Crippen LogP contribution in [0.5, 0.6) is 0 Å². The minimum Gasteiger partial charge on any atom is -0.394 e. The summed E-state index contributed by atoms with van der Waals surface area (Å²) in [5, 5.41) is 65.4. The number of aliphatic hydroxyl groups excluding tert-OH is 4. The van der Waals surface area contributed by atoms with Gasteiger partial charge in [-0.25, -0.2) is 0 Å². The molecular weight excluding hydrogens is 1080 g/mol. The molecule has 8 amide bonds. The van der Waals surface area contributed by atoms with Gasteiger partial charge >= 0.3 is 0 Å². The molecule has 24 heteroatoms. The first-order chi connectivity index (χ1) is 36.7. The van der Waals surface area contributed by atoms with Crippen LogP contribution in [0.25, 0.3) is 0 Å². The Balaban J connectivity index is 0.00000840. The maximum absolute atomic E-state index is 14.6. The summed E-state index contributed by atoms with van der Waals surface area (Å²) in [6, 6.07) is 12.5. The lowest BCUT2D eigenvalue weighted by molar-refractivity contribution is -0.144. The molecule has 12 N–H and O–H groups in total. The summed E-state index contributed by atoms with van der Waals surface area (Å²) in [6.07, 6.45) is -2.84. The summed E-state index contributed by atoms with van der Waals surface area (Å²) in [6.45, 7) is 12.1. The second kappa shape index (κ2) is 30.0. The Hall–Kier alpha value is -6.24. The Kier molecular flexibility index (Phi) is 25.5. The molecule has 2 fully saturated rings. The Morgan fingerprint density at radius 1 is 0.537 bits per heavy atom. The van der Waals surface area contributed by atoms with E-state index in [0.717, 1.165) is 0 Å². The van der Waals surface area contributed by atoms with Gasteiger partial charge in [-0.3, -0.25) is 38.4 Å². The zero-order valence-electron chi connectivity index (χ0n) is 47.0. The third kappa shape index (κ3) is 17.4. The topological polar surface area (TPSA) is 320 Å². The van der Waals surface area contributed by atoms with E-state index in [9.17, 15) is 58.8 Å². The molecule has 2 heterocycles. The van der Waals surface area contributed by atoms with Crippen LogP contribution in [0.2, 0.25) is 0 Å². The van der Waals surface area contributed by atoms with Gasteiger partial charge in [0.25, 0.3) is 11.8 Å². The van der Waals surface area contributed by atoms with Crippen LogP contribution in [-0.4, -0.2) is 178 Å². The smallest absolute Gasteiger partial charge is 0.251 e. The highest BCUT2D eigenvalue weighted by Gasteiger charge is 2.48. The predicted octanol–water partition coefficient (Wildman–Crippen LogP) is 0.628. The number of rotatable bonds is 22. The van der Waals surface area contributed by atoms with Crippen molar-refractivity contribution in [2.75, 3.05) is 40.4 Å².